The van der Waals surface area contributed by atoms with Crippen molar-refractivity contribution >= 4 is 23.3 Å². The number of urea groups is 1. The Morgan fingerprint density at radius 1 is 1.53 bits per heavy atom. The first-order valence-corrected chi connectivity index (χ1v) is 6.80. The van der Waals surface area contributed by atoms with E-state index in [-0.39, 0.29) is 6.03 Å². The maximum atomic E-state index is 12.2. The van der Waals surface area contributed by atoms with Crippen LogP contribution in [0.4, 0.5) is 10.5 Å². The lowest BCUT2D eigenvalue weighted by Gasteiger charge is -2.36. The number of aliphatic hydroxyl groups is 1. The van der Waals surface area contributed by atoms with Gasteiger partial charge >= 0.3 is 6.03 Å². The van der Waals surface area contributed by atoms with Gasteiger partial charge in [-0.05, 0) is 38.3 Å². The number of β-amino-alcohol motifs (C(OH)–C–C–N with tert-alkyl or cyclic N) is 1. The SMILES string of the molecule is Cc1cccc(Cl)c1NC(=O)N1CCC[C@](C)(O)C1. The molecule has 0 bridgehead atoms. The highest BCUT2D eigenvalue weighted by molar-refractivity contribution is 6.33. The molecule has 1 saturated heterocycles. The highest BCUT2D eigenvalue weighted by atomic mass is 35.5. The molecule has 2 rings (SSSR count). The number of anilines is 1. The number of carbonyl (C=O) groups excluding carboxylic acids is 1. The van der Waals surface area contributed by atoms with Crippen molar-refractivity contribution in [2.75, 3.05) is 18.4 Å². The molecule has 2 N–H and O–H groups in total. The van der Waals surface area contributed by atoms with E-state index in [1.807, 2.05) is 19.1 Å². The molecule has 0 radical (unpaired) electrons. The van der Waals surface area contributed by atoms with Gasteiger partial charge in [-0.3, -0.25) is 0 Å². The van der Waals surface area contributed by atoms with Gasteiger partial charge in [0.25, 0.3) is 0 Å². The number of piperidine rings is 1. The molecule has 2 amide bonds. The largest absolute Gasteiger partial charge is 0.388 e. The van der Waals surface area contributed by atoms with Crippen molar-refractivity contribution in [3.8, 4) is 0 Å². The molecular formula is C14H19ClN2O2. The van der Waals surface area contributed by atoms with E-state index >= 15 is 0 Å². The summed E-state index contributed by atoms with van der Waals surface area (Å²) in [5.74, 6) is 0. The second kappa shape index (κ2) is 5.39. The summed E-state index contributed by atoms with van der Waals surface area (Å²) in [5, 5.41) is 13.4. The first kappa shape index (κ1) is 14.2. The van der Waals surface area contributed by atoms with Crippen molar-refractivity contribution in [1.29, 1.82) is 0 Å². The van der Waals surface area contributed by atoms with Crippen LogP contribution in [0.15, 0.2) is 18.2 Å². The van der Waals surface area contributed by atoms with E-state index in [9.17, 15) is 9.90 Å². The standard InChI is InChI=1S/C14H19ClN2O2/c1-10-5-3-6-11(15)12(10)16-13(18)17-8-4-7-14(2,19)9-17/h3,5-6,19H,4,7-9H2,1-2H3,(H,16,18)/t14-/m0/s1. The maximum Gasteiger partial charge on any atom is 0.321 e. The van der Waals surface area contributed by atoms with Gasteiger partial charge in [0.05, 0.1) is 22.9 Å². The molecule has 0 aromatic heterocycles. The second-order valence-electron chi connectivity index (χ2n) is 5.38. The van der Waals surface area contributed by atoms with Gasteiger partial charge in [-0.15, -0.1) is 0 Å². The minimum atomic E-state index is -0.800. The average Bonchev–Trinajstić information content (AvgIpc) is 2.32. The van der Waals surface area contributed by atoms with Crippen LogP contribution in [0.2, 0.25) is 5.02 Å². The van der Waals surface area contributed by atoms with Gasteiger partial charge in [-0.1, -0.05) is 23.7 Å². The molecule has 1 aliphatic rings. The van der Waals surface area contributed by atoms with Gasteiger partial charge < -0.3 is 15.3 Å². The van der Waals surface area contributed by atoms with Gasteiger partial charge in [-0.2, -0.15) is 0 Å². The molecule has 1 aromatic rings. The predicted molar refractivity (Wildman–Crippen MR) is 76.6 cm³/mol. The second-order valence-corrected chi connectivity index (χ2v) is 5.79. The molecule has 0 unspecified atom stereocenters. The number of hydrogen-bond acceptors (Lipinski definition) is 2. The Morgan fingerprint density at radius 3 is 2.89 bits per heavy atom. The zero-order valence-electron chi connectivity index (χ0n) is 11.2. The molecule has 0 spiro atoms. The van der Waals surface area contributed by atoms with Crippen LogP contribution >= 0.6 is 11.6 Å². The Balaban J connectivity index is 2.09. The molecule has 1 aromatic carbocycles. The molecule has 1 atom stereocenters. The Hall–Kier alpha value is -1.26. The van der Waals surface area contributed by atoms with E-state index in [1.54, 1.807) is 17.9 Å². The number of halogens is 1. The molecule has 4 nitrogen and oxygen atoms in total. The molecule has 1 fully saturated rings. The average molecular weight is 283 g/mol. The van der Waals surface area contributed by atoms with Crippen molar-refractivity contribution in [3.05, 3.63) is 28.8 Å². The van der Waals surface area contributed by atoms with Crippen LogP contribution in [0.5, 0.6) is 0 Å². The van der Waals surface area contributed by atoms with Crippen molar-refractivity contribution in [2.45, 2.75) is 32.3 Å². The third-order valence-electron chi connectivity index (χ3n) is 3.42. The molecule has 0 aliphatic carbocycles. The van der Waals surface area contributed by atoms with E-state index in [4.69, 9.17) is 11.6 Å². The number of benzene rings is 1. The lowest BCUT2D eigenvalue weighted by molar-refractivity contribution is -0.000634. The first-order chi connectivity index (χ1) is 8.89. The Kier molecular flexibility index (Phi) is 4.02. The first-order valence-electron chi connectivity index (χ1n) is 6.42. The number of hydrogen-bond donors (Lipinski definition) is 2. The number of para-hydroxylation sites is 1. The summed E-state index contributed by atoms with van der Waals surface area (Å²) in [6.45, 7) is 4.66. The molecule has 5 heteroatoms. The molecular weight excluding hydrogens is 264 g/mol. The normalized spacial score (nSPS) is 23.3. The van der Waals surface area contributed by atoms with Crippen LogP contribution < -0.4 is 5.32 Å². The number of aryl methyl sites for hydroxylation is 1. The Bertz CT molecular complexity index is 468. The van der Waals surface area contributed by atoms with E-state index in [1.165, 1.54) is 0 Å². The molecule has 1 aliphatic heterocycles. The van der Waals surface area contributed by atoms with E-state index < -0.39 is 5.60 Å². The fourth-order valence-corrected chi connectivity index (χ4v) is 2.64. The van der Waals surface area contributed by atoms with Gasteiger partial charge in [0, 0.05) is 6.54 Å². The zero-order valence-corrected chi connectivity index (χ0v) is 12.0. The number of amides is 2. The van der Waals surface area contributed by atoms with Crippen LogP contribution in [0.3, 0.4) is 0 Å². The number of carbonyl (C=O) groups is 1. The van der Waals surface area contributed by atoms with Crippen LogP contribution in [-0.2, 0) is 0 Å². The number of nitrogens with one attached hydrogen (secondary N) is 1. The lowest BCUT2D eigenvalue weighted by Crippen LogP contribution is -2.50. The van der Waals surface area contributed by atoms with Gasteiger partial charge in [0.2, 0.25) is 0 Å². The monoisotopic (exact) mass is 282 g/mol. The molecule has 104 valence electrons. The highest BCUT2D eigenvalue weighted by Crippen LogP contribution is 2.26. The summed E-state index contributed by atoms with van der Waals surface area (Å²) in [4.78, 5) is 13.8. The van der Waals surface area contributed by atoms with Crippen molar-refractivity contribution in [2.24, 2.45) is 0 Å². The van der Waals surface area contributed by atoms with Crippen molar-refractivity contribution < 1.29 is 9.90 Å². The minimum absolute atomic E-state index is 0.212. The fourth-order valence-electron chi connectivity index (χ4n) is 2.37. The molecule has 1 heterocycles. The van der Waals surface area contributed by atoms with Crippen LogP contribution in [-0.4, -0.2) is 34.7 Å². The van der Waals surface area contributed by atoms with Gasteiger partial charge in [0.15, 0.2) is 0 Å². The summed E-state index contributed by atoms with van der Waals surface area (Å²) in [6, 6.07) is 5.28. The highest BCUT2D eigenvalue weighted by Gasteiger charge is 2.31. The zero-order chi connectivity index (χ0) is 14.0. The number of rotatable bonds is 1. The van der Waals surface area contributed by atoms with Gasteiger partial charge in [0.1, 0.15) is 0 Å². The summed E-state index contributed by atoms with van der Waals surface area (Å²) < 4.78 is 0. The summed E-state index contributed by atoms with van der Waals surface area (Å²) in [7, 11) is 0. The third-order valence-corrected chi connectivity index (χ3v) is 3.73. The van der Waals surface area contributed by atoms with Crippen molar-refractivity contribution in [3.63, 3.8) is 0 Å². The third kappa shape index (κ3) is 3.39. The predicted octanol–water partition coefficient (Wildman–Crippen LogP) is 3.03. The summed E-state index contributed by atoms with van der Waals surface area (Å²) in [5.41, 5.74) is 0.759. The van der Waals surface area contributed by atoms with Crippen LogP contribution in [0.1, 0.15) is 25.3 Å². The van der Waals surface area contributed by atoms with E-state index in [2.05, 4.69) is 5.32 Å². The quantitative estimate of drug-likeness (QED) is 0.832. The smallest absolute Gasteiger partial charge is 0.321 e. The molecule has 0 saturated carbocycles. The summed E-state index contributed by atoms with van der Waals surface area (Å²) in [6.07, 6.45) is 1.53. The Morgan fingerprint density at radius 2 is 2.26 bits per heavy atom. The van der Waals surface area contributed by atoms with Crippen molar-refractivity contribution in [1.82, 2.24) is 4.90 Å². The van der Waals surface area contributed by atoms with E-state index in [0.717, 1.165) is 18.4 Å². The van der Waals surface area contributed by atoms with Crippen LogP contribution in [0.25, 0.3) is 0 Å². The number of nitrogens with zero attached hydrogens (tertiary/aromatic N) is 1. The summed E-state index contributed by atoms with van der Waals surface area (Å²) >= 11 is 6.09. The minimum Gasteiger partial charge on any atom is -0.388 e. The fraction of sp³-hybridized carbons (Fsp3) is 0.500. The molecule has 19 heavy (non-hydrogen) atoms. The topological polar surface area (TPSA) is 52.6 Å². The van der Waals surface area contributed by atoms with Gasteiger partial charge in [-0.25, -0.2) is 4.79 Å². The lowest BCUT2D eigenvalue weighted by atomic mass is 9.95. The Labute approximate surface area is 118 Å². The van der Waals surface area contributed by atoms with E-state index in [0.29, 0.717) is 23.8 Å². The van der Waals surface area contributed by atoms with Crippen LogP contribution in [0, 0.1) is 6.92 Å². The number of likely N-dealkylation sites (tertiary alicyclic amines) is 1. The maximum absolute atomic E-state index is 12.2.